The van der Waals surface area contributed by atoms with Crippen molar-refractivity contribution in [2.24, 2.45) is 0 Å². The van der Waals surface area contributed by atoms with Gasteiger partial charge in [0.15, 0.2) is 5.82 Å². The summed E-state index contributed by atoms with van der Waals surface area (Å²) in [7, 11) is -0.444. The van der Waals surface area contributed by atoms with Crippen LogP contribution in [0.1, 0.15) is 33.4 Å². The highest BCUT2D eigenvalue weighted by Gasteiger charge is 2.52. The number of aryl methyl sites for hydroxylation is 1. The Balaban J connectivity index is 1.92. The number of nitrogen functional groups attached to an aromatic ring is 1. The number of nitrogens with zero attached hydrogens (tertiary/aromatic N) is 4. The summed E-state index contributed by atoms with van der Waals surface area (Å²) in [6.07, 6.45) is 4.94. The van der Waals surface area contributed by atoms with E-state index in [0.717, 1.165) is 11.2 Å². The maximum absolute atomic E-state index is 6.07. The minimum Gasteiger partial charge on any atom is -0.399 e. The minimum atomic E-state index is -0.444. The summed E-state index contributed by atoms with van der Waals surface area (Å²) in [5, 5.41) is 4.46. The number of nitrogens with two attached hydrogens (primary N) is 1. The topological polar surface area (TPSA) is 88.1 Å². The van der Waals surface area contributed by atoms with Crippen LogP contribution in [0.5, 0.6) is 0 Å². The predicted molar refractivity (Wildman–Crippen MR) is 84.0 cm³/mol. The third-order valence-electron chi connectivity index (χ3n) is 4.34. The van der Waals surface area contributed by atoms with E-state index in [2.05, 4.69) is 15.1 Å². The Morgan fingerprint density at radius 1 is 1.09 bits per heavy atom. The van der Waals surface area contributed by atoms with E-state index < -0.39 is 7.12 Å². The summed E-state index contributed by atoms with van der Waals surface area (Å²) < 4.78 is 13.8. The van der Waals surface area contributed by atoms with Crippen molar-refractivity contribution in [1.82, 2.24) is 19.7 Å². The SMILES string of the molecule is Cc1nn(-c2cnc(N)cn2)cc1B1OC(C)(C)C(C)(C)O1. The molecule has 0 radical (unpaired) electrons. The third kappa shape index (κ3) is 2.38. The molecule has 1 aliphatic rings. The van der Waals surface area contributed by atoms with Crippen LogP contribution in [0.2, 0.25) is 0 Å². The molecule has 0 spiro atoms. The van der Waals surface area contributed by atoms with Crippen molar-refractivity contribution in [1.29, 1.82) is 0 Å². The maximum Gasteiger partial charge on any atom is 0.498 e. The number of anilines is 1. The van der Waals surface area contributed by atoms with Gasteiger partial charge in [-0.05, 0) is 34.6 Å². The average Bonchev–Trinajstić information content (AvgIpc) is 2.89. The van der Waals surface area contributed by atoms with E-state index in [1.165, 1.54) is 6.20 Å². The zero-order valence-electron chi connectivity index (χ0n) is 13.5. The molecule has 0 atom stereocenters. The molecule has 8 heteroatoms. The van der Waals surface area contributed by atoms with Crippen LogP contribution in [0.3, 0.4) is 0 Å². The number of rotatable bonds is 2. The standard InChI is InChI=1S/C14H20BN5O2/c1-9-10(15-21-13(2,3)14(4,5)22-15)8-20(19-9)12-7-17-11(16)6-18-12/h6-8H,1-5H3,(H2,16,17). The van der Waals surface area contributed by atoms with Crippen LogP contribution in [-0.4, -0.2) is 38.1 Å². The number of hydrogen-bond donors (Lipinski definition) is 1. The van der Waals surface area contributed by atoms with Crippen LogP contribution >= 0.6 is 0 Å². The molecule has 1 saturated heterocycles. The molecule has 22 heavy (non-hydrogen) atoms. The summed E-state index contributed by atoms with van der Waals surface area (Å²) in [6, 6.07) is 0. The summed E-state index contributed by atoms with van der Waals surface area (Å²) >= 11 is 0. The maximum atomic E-state index is 6.07. The zero-order chi connectivity index (χ0) is 16.1. The van der Waals surface area contributed by atoms with Crippen LogP contribution in [-0.2, 0) is 9.31 Å². The highest BCUT2D eigenvalue weighted by atomic mass is 16.7. The van der Waals surface area contributed by atoms with Gasteiger partial charge in [0.05, 0.1) is 29.3 Å². The minimum absolute atomic E-state index is 0.374. The molecule has 0 bridgehead atoms. The number of aromatic nitrogens is 4. The molecule has 0 unspecified atom stereocenters. The first-order valence-corrected chi connectivity index (χ1v) is 7.19. The Kier molecular flexibility index (Phi) is 3.26. The van der Waals surface area contributed by atoms with Gasteiger partial charge in [-0.25, -0.2) is 14.6 Å². The monoisotopic (exact) mass is 301 g/mol. The lowest BCUT2D eigenvalue weighted by molar-refractivity contribution is 0.00578. The fourth-order valence-electron chi connectivity index (χ4n) is 2.24. The Labute approximate surface area is 130 Å². The van der Waals surface area contributed by atoms with Crippen molar-refractivity contribution in [3.05, 3.63) is 24.3 Å². The Morgan fingerprint density at radius 2 is 1.73 bits per heavy atom. The van der Waals surface area contributed by atoms with Gasteiger partial charge in [0.2, 0.25) is 0 Å². The van der Waals surface area contributed by atoms with Gasteiger partial charge in [-0.3, -0.25) is 0 Å². The number of hydrogen-bond acceptors (Lipinski definition) is 6. The van der Waals surface area contributed by atoms with Gasteiger partial charge in [-0.15, -0.1) is 0 Å². The molecule has 0 saturated carbocycles. The third-order valence-corrected chi connectivity index (χ3v) is 4.34. The van der Waals surface area contributed by atoms with Gasteiger partial charge in [0.25, 0.3) is 0 Å². The lowest BCUT2D eigenvalue weighted by atomic mass is 9.79. The summed E-state index contributed by atoms with van der Waals surface area (Å²) in [5.74, 6) is 0.971. The van der Waals surface area contributed by atoms with Gasteiger partial charge in [0, 0.05) is 11.7 Å². The van der Waals surface area contributed by atoms with E-state index in [-0.39, 0.29) is 11.2 Å². The fraction of sp³-hybridized carbons (Fsp3) is 0.500. The highest BCUT2D eigenvalue weighted by molar-refractivity contribution is 6.62. The molecule has 3 rings (SSSR count). The van der Waals surface area contributed by atoms with Gasteiger partial charge in [0.1, 0.15) is 5.82 Å². The van der Waals surface area contributed by atoms with Crippen LogP contribution in [0.4, 0.5) is 5.82 Å². The summed E-state index contributed by atoms with van der Waals surface area (Å²) in [5.41, 5.74) is 6.51. The first kappa shape index (κ1) is 15.0. The van der Waals surface area contributed by atoms with Crippen molar-refractivity contribution < 1.29 is 9.31 Å². The van der Waals surface area contributed by atoms with E-state index >= 15 is 0 Å². The Morgan fingerprint density at radius 3 is 2.27 bits per heavy atom. The quantitative estimate of drug-likeness (QED) is 0.827. The van der Waals surface area contributed by atoms with Crippen molar-refractivity contribution in [3.8, 4) is 5.82 Å². The molecule has 1 aliphatic heterocycles. The van der Waals surface area contributed by atoms with Crippen molar-refractivity contribution >= 4 is 18.4 Å². The van der Waals surface area contributed by atoms with Gasteiger partial charge in [-0.2, -0.15) is 5.10 Å². The molecule has 0 aromatic carbocycles. The molecule has 2 aromatic heterocycles. The predicted octanol–water partition coefficient (Wildman–Crippen LogP) is 0.852. The van der Waals surface area contributed by atoms with E-state index in [1.54, 1.807) is 10.9 Å². The molecule has 116 valence electrons. The summed E-state index contributed by atoms with van der Waals surface area (Å²) in [6.45, 7) is 10.0. The highest BCUT2D eigenvalue weighted by Crippen LogP contribution is 2.36. The van der Waals surface area contributed by atoms with E-state index in [0.29, 0.717) is 11.6 Å². The van der Waals surface area contributed by atoms with Gasteiger partial charge in [-0.1, -0.05) is 0 Å². The van der Waals surface area contributed by atoms with E-state index in [1.807, 2.05) is 40.8 Å². The van der Waals surface area contributed by atoms with Crippen LogP contribution in [0.15, 0.2) is 18.6 Å². The van der Waals surface area contributed by atoms with Gasteiger partial charge >= 0.3 is 7.12 Å². The second kappa shape index (κ2) is 4.79. The van der Waals surface area contributed by atoms with E-state index in [9.17, 15) is 0 Å². The van der Waals surface area contributed by atoms with E-state index in [4.69, 9.17) is 15.0 Å². The molecule has 0 amide bonds. The lowest BCUT2D eigenvalue weighted by Gasteiger charge is -2.32. The fourth-order valence-corrected chi connectivity index (χ4v) is 2.24. The molecule has 1 fully saturated rings. The Bertz CT molecular complexity index is 680. The molecular weight excluding hydrogens is 281 g/mol. The summed E-state index contributed by atoms with van der Waals surface area (Å²) in [4.78, 5) is 8.25. The van der Waals surface area contributed by atoms with Crippen LogP contribution < -0.4 is 11.2 Å². The second-order valence-corrected chi connectivity index (χ2v) is 6.50. The van der Waals surface area contributed by atoms with Gasteiger partial charge < -0.3 is 15.0 Å². The molecular formula is C14H20BN5O2. The zero-order valence-corrected chi connectivity index (χ0v) is 13.5. The smallest absolute Gasteiger partial charge is 0.399 e. The Hall–Kier alpha value is -1.93. The molecule has 2 N–H and O–H groups in total. The van der Waals surface area contributed by atoms with Crippen LogP contribution in [0.25, 0.3) is 5.82 Å². The molecule has 2 aromatic rings. The second-order valence-electron chi connectivity index (χ2n) is 6.50. The normalized spacial score (nSPS) is 19.6. The lowest BCUT2D eigenvalue weighted by Crippen LogP contribution is -2.41. The van der Waals surface area contributed by atoms with Crippen LogP contribution in [0, 0.1) is 6.92 Å². The molecule has 7 nitrogen and oxygen atoms in total. The van der Waals surface area contributed by atoms with Crippen molar-refractivity contribution in [3.63, 3.8) is 0 Å². The van der Waals surface area contributed by atoms with Crippen molar-refractivity contribution in [2.75, 3.05) is 5.73 Å². The van der Waals surface area contributed by atoms with Crippen molar-refractivity contribution in [2.45, 2.75) is 45.8 Å². The first-order valence-electron chi connectivity index (χ1n) is 7.19. The largest absolute Gasteiger partial charge is 0.498 e. The first-order chi connectivity index (χ1) is 10.2. The average molecular weight is 301 g/mol. The molecule has 0 aliphatic carbocycles. The molecule has 3 heterocycles.